The van der Waals surface area contributed by atoms with Crippen LogP contribution in [0.3, 0.4) is 0 Å². The molecule has 2 rings (SSSR count). The van der Waals surface area contributed by atoms with Gasteiger partial charge in [0, 0.05) is 23.9 Å². The fourth-order valence-corrected chi connectivity index (χ4v) is 2.52. The average molecular weight is 377 g/mol. The Morgan fingerprint density at radius 1 is 1.30 bits per heavy atom. The Morgan fingerprint density at radius 3 is 2.65 bits per heavy atom. The molecule has 0 spiro atoms. The number of rotatable bonds is 5. The smallest absolute Gasteiger partial charge is 0.295 e. The molecule has 0 fully saturated rings. The number of hydrogen-bond donors (Lipinski definition) is 0. The van der Waals surface area contributed by atoms with Gasteiger partial charge < -0.3 is 9.64 Å². The lowest BCUT2D eigenvalue weighted by molar-refractivity contribution is -0.127. The van der Waals surface area contributed by atoms with Crippen molar-refractivity contribution in [3.05, 3.63) is 58.3 Å². The number of Topliss-reactive ketones (excluding diaryl/α,β-unsaturated/α-hetero) is 1. The molecule has 0 aliphatic rings. The summed E-state index contributed by atoms with van der Waals surface area (Å²) >= 11 is 3.30. The molecular formula is C17H17BrN2O3. The summed E-state index contributed by atoms with van der Waals surface area (Å²) in [5, 5.41) is 0. The molecule has 0 saturated heterocycles. The molecule has 1 amide bonds. The minimum absolute atomic E-state index is 0.233. The summed E-state index contributed by atoms with van der Waals surface area (Å²) in [5.41, 5.74) is 1.09. The minimum Gasteiger partial charge on any atom is -0.496 e. The van der Waals surface area contributed by atoms with E-state index in [0.717, 1.165) is 5.56 Å². The normalized spacial score (nSPS) is 11.7. The zero-order valence-electron chi connectivity index (χ0n) is 13.1. The van der Waals surface area contributed by atoms with E-state index in [-0.39, 0.29) is 11.6 Å². The van der Waals surface area contributed by atoms with Crippen LogP contribution >= 0.6 is 15.9 Å². The first kappa shape index (κ1) is 17.1. The van der Waals surface area contributed by atoms with E-state index in [1.807, 2.05) is 13.0 Å². The third-order valence-corrected chi connectivity index (χ3v) is 4.16. The highest BCUT2D eigenvalue weighted by molar-refractivity contribution is 9.10. The summed E-state index contributed by atoms with van der Waals surface area (Å²) < 4.78 is 5.88. The largest absolute Gasteiger partial charge is 0.496 e. The summed E-state index contributed by atoms with van der Waals surface area (Å²) in [6.45, 7) is 1.85. The van der Waals surface area contributed by atoms with E-state index in [1.54, 1.807) is 43.7 Å². The number of aromatic nitrogens is 1. The molecule has 1 heterocycles. The van der Waals surface area contributed by atoms with Crippen LogP contribution in [0, 0.1) is 0 Å². The van der Waals surface area contributed by atoms with Crippen molar-refractivity contribution in [1.29, 1.82) is 0 Å². The summed E-state index contributed by atoms with van der Waals surface area (Å²) in [4.78, 5) is 30.5. The van der Waals surface area contributed by atoms with Crippen LogP contribution in [0.15, 0.2) is 47.2 Å². The number of likely N-dealkylation sites (N-methyl/N-ethyl adjacent to an activating group) is 1. The number of methoxy groups -OCH3 is 1. The molecule has 120 valence electrons. The first-order valence-electron chi connectivity index (χ1n) is 7.00. The highest BCUT2D eigenvalue weighted by Gasteiger charge is 2.27. The molecule has 0 bridgehead atoms. The second-order valence-electron chi connectivity index (χ2n) is 5.05. The van der Waals surface area contributed by atoms with Crippen molar-refractivity contribution in [1.82, 2.24) is 9.88 Å². The number of amides is 1. The SMILES string of the molecule is COc1ccc(Br)cc1C(=O)C(=O)N(C)C(C)c1cccnc1. The van der Waals surface area contributed by atoms with Gasteiger partial charge in [-0.2, -0.15) is 0 Å². The van der Waals surface area contributed by atoms with Crippen molar-refractivity contribution in [3.63, 3.8) is 0 Å². The number of benzene rings is 1. The van der Waals surface area contributed by atoms with Crippen molar-refractivity contribution in [3.8, 4) is 5.75 Å². The van der Waals surface area contributed by atoms with Gasteiger partial charge in [0.25, 0.3) is 11.7 Å². The maximum Gasteiger partial charge on any atom is 0.295 e. The lowest BCUT2D eigenvalue weighted by Gasteiger charge is -2.24. The lowest BCUT2D eigenvalue weighted by atomic mass is 10.1. The van der Waals surface area contributed by atoms with E-state index in [0.29, 0.717) is 10.2 Å². The van der Waals surface area contributed by atoms with Gasteiger partial charge >= 0.3 is 0 Å². The zero-order valence-corrected chi connectivity index (χ0v) is 14.7. The topological polar surface area (TPSA) is 59.5 Å². The Kier molecular flexibility index (Phi) is 5.50. The maximum absolute atomic E-state index is 12.5. The van der Waals surface area contributed by atoms with Gasteiger partial charge in [0.05, 0.1) is 18.7 Å². The van der Waals surface area contributed by atoms with Crippen molar-refractivity contribution >= 4 is 27.6 Å². The van der Waals surface area contributed by atoms with Crippen LogP contribution in [-0.4, -0.2) is 35.7 Å². The highest BCUT2D eigenvalue weighted by atomic mass is 79.9. The Morgan fingerprint density at radius 2 is 2.04 bits per heavy atom. The monoisotopic (exact) mass is 376 g/mol. The molecule has 0 N–H and O–H groups in total. The van der Waals surface area contributed by atoms with Crippen molar-refractivity contribution in [2.24, 2.45) is 0 Å². The van der Waals surface area contributed by atoms with Crippen LogP contribution in [0.1, 0.15) is 28.9 Å². The number of pyridine rings is 1. The number of ether oxygens (including phenoxy) is 1. The van der Waals surface area contributed by atoms with Crippen molar-refractivity contribution in [2.45, 2.75) is 13.0 Å². The third kappa shape index (κ3) is 3.76. The Bertz CT molecular complexity index is 719. The summed E-state index contributed by atoms with van der Waals surface area (Å²) in [6.07, 6.45) is 3.34. The van der Waals surface area contributed by atoms with Crippen LogP contribution < -0.4 is 4.74 Å². The molecule has 1 unspecified atom stereocenters. The number of hydrogen-bond acceptors (Lipinski definition) is 4. The second-order valence-corrected chi connectivity index (χ2v) is 5.97. The molecule has 1 atom stereocenters. The number of carbonyl (C=O) groups is 2. The molecule has 5 nitrogen and oxygen atoms in total. The van der Waals surface area contributed by atoms with Gasteiger partial charge in [0.2, 0.25) is 0 Å². The van der Waals surface area contributed by atoms with Crippen LogP contribution in [0.4, 0.5) is 0 Å². The Balaban J connectivity index is 2.26. The van der Waals surface area contributed by atoms with Gasteiger partial charge in [-0.25, -0.2) is 0 Å². The highest BCUT2D eigenvalue weighted by Crippen LogP contribution is 2.25. The molecule has 0 radical (unpaired) electrons. The van der Waals surface area contributed by atoms with Crippen LogP contribution in [-0.2, 0) is 4.79 Å². The second kappa shape index (κ2) is 7.37. The molecule has 0 aliphatic heterocycles. The first-order valence-corrected chi connectivity index (χ1v) is 7.80. The minimum atomic E-state index is -0.610. The summed E-state index contributed by atoms with van der Waals surface area (Å²) in [7, 11) is 3.06. The average Bonchev–Trinajstić information content (AvgIpc) is 2.59. The van der Waals surface area contributed by atoms with Crippen molar-refractivity contribution < 1.29 is 14.3 Å². The predicted octanol–water partition coefficient (Wildman–Crippen LogP) is 3.26. The standard InChI is InChI=1S/C17H17BrN2O3/c1-11(12-5-4-8-19-10-12)20(2)17(22)16(21)14-9-13(18)6-7-15(14)23-3/h4-11H,1-3H3. The first-order chi connectivity index (χ1) is 11.0. The van der Waals surface area contributed by atoms with Gasteiger partial charge in [-0.05, 0) is 36.8 Å². The zero-order chi connectivity index (χ0) is 17.0. The van der Waals surface area contributed by atoms with Gasteiger partial charge in [-0.3, -0.25) is 14.6 Å². The molecule has 2 aromatic rings. The van der Waals surface area contributed by atoms with E-state index in [2.05, 4.69) is 20.9 Å². The Hall–Kier alpha value is -2.21. The van der Waals surface area contributed by atoms with Crippen molar-refractivity contribution in [2.75, 3.05) is 14.2 Å². The van der Waals surface area contributed by atoms with E-state index in [9.17, 15) is 9.59 Å². The fraction of sp³-hybridized carbons (Fsp3) is 0.235. The number of halogens is 1. The molecule has 0 aliphatic carbocycles. The van der Waals surface area contributed by atoms with E-state index < -0.39 is 11.7 Å². The van der Waals surface area contributed by atoms with Crippen LogP contribution in [0.25, 0.3) is 0 Å². The van der Waals surface area contributed by atoms with E-state index >= 15 is 0 Å². The quantitative estimate of drug-likeness (QED) is 0.593. The van der Waals surface area contributed by atoms with Gasteiger partial charge in [-0.1, -0.05) is 22.0 Å². The fourth-order valence-electron chi connectivity index (χ4n) is 2.16. The number of ketones is 1. The Labute approximate surface area is 143 Å². The summed E-state index contributed by atoms with van der Waals surface area (Å²) in [5.74, 6) is -0.840. The molecule has 23 heavy (non-hydrogen) atoms. The summed E-state index contributed by atoms with van der Waals surface area (Å²) in [6, 6.07) is 8.38. The van der Waals surface area contributed by atoms with Gasteiger partial charge in [0.15, 0.2) is 0 Å². The van der Waals surface area contributed by atoms with Crippen LogP contribution in [0.2, 0.25) is 0 Å². The molecule has 1 aromatic heterocycles. The number of carbonyl (C=O) groups excluding carboxylic acids is 2. The number of nitrogens with zero attached hydrogens (tertiary/aromatic N) is 2. The maximum atomic E-state index is 12.5. The molecule has 0 saturated carbocycles. The van der Waals surface area contributed by atoms with Gasteiger partial charge in [0.1, 0.15) is 5.75 Å². The lowest BCUT2D eigenvalue weighted by Crippen LogP contribution is -2.35. The molecule has 6 heteroatoms. The molecular weight excluding hydrogens is 360 g/mol. The van der Waals surface area contributed by atoms with Crippen LogP contribution in [0.5, 0.6) is 5.75 Å². The predicted molar refractivity (Wildman–Crippen MR) is 90.4 cm³/mol. The van der Waals surface area contributed by atoms with E-state index in [4.69, 9.17) is 4.74 Å². The molecule has 1 aromatic carbocycles. The third-order valence-electron chi connectivity index (χ3n) is 3.67. The van der Waals surface area contributed by atoms with E-state index in [1.165, 1.54) is 12.0 Å². The van der Waals surface area contributed by atoms with Gasteiger partial charge in [-0.15, -0.1) is 0 Å².